The zero-order chi connectivity index (χ0) is 27.1. The van der Waals surface area contributed by atoms with Crippen molar-refractivity contribution in [2.75, 3.05) is 13.2 Å². The van der Waals surface area contributed by atoms with Gasteiger partial charge < -0.3 is 19.0 Å². The molecule has 4 aromatic rings. The van der Waals surface area contributed by atoms with Gasteiger partial charge in [0, 0.05) is 13.1 Å². The number of aryl methyl sites for hydroxylation is 1. The van der Waals surface area contributed by atoms with Gasteiger partial charge in [-0.05, 0) is 75.7 Å². The Labute approximate surface area is 223 Å². The molecule has 4 rings (SSSR count). The van der Waals surface area contributed by atoms with Crippen LogP contribution in [0.15, 0.2) is 77.4 Å². The van der Waals surface area contributed by atoms with Gasteiger partial charge in [0.2, 0.25) is 5.88 Å². The molecule has 38 heavy (non-hydrogen) atoms. The Balaban J connectivity index is 1.70. The van der Waals surface area contributed by atoms with Crippen molar-refractivity contribution in [3.05, 3.63) is 95.8 Å². The third kappa shape index (κ3) is 7.54. The van der Waals surface area contributed by atoms with E-state index >= 15 is 0 Å². The molecule has 0 aliphatic rings. The standard InChI is InChI=1S/C30H36FN3O4/c1-5-28-27(20-33(19-26-12-9-17-36-26)18-24(35)21-37-30(2,3)4)29(38-25-10-7-6-8-11-25)34(32-28)23-15-13-22(31)14-16-23/h6-17,24,35H,5,18-21H2,1-4H3/t24-/m0/s1. The first-order chi connectivity index (χ1) is 18.2. The van der Waals surface area contributed by atoms with E-state index in [4.69, 9.17) is 19.0 Å². The highest BCUT2D eigenvalue weighted by molar-refractivity contribution is 5.44. The Morgan fingerprint density at radius 1 is 1.03 bits per heavy atom. The Kier molecular flexibility index (Phi) is 8.99. The number of hydrogen-bond acceptors (Lipinski definition) is 6. The van der Waals surface area contributed by atoms with Crippen molar-refractivity contribution in [1.82, 2.24) is 14.7 Å². The van der Waals surface area contributed by atoms with Gasteiger partial charge in [0.05, 0.1) is 48.1 Å². The molecule has 0 saturated heterocycles. The van der Waals surface area contributed by atoms with E-state index in [-0.39, 0.29) is 18.0 Å². The number of aliphatic hydroxyl groups excluding tert-OH is 1. The summed E-state index contributed by atoms with van der Waals surface area (Å²) in [7, 11) is 0. The number of benzene rings is 2. The lowest BCUT2D eigenvalue weighted by atomic mass is 10.1. The topological polar surface area (TPSA) is 72.9 Å². The molecule has 0 radical (unpaired) electrons. The smallest absolute Gasteiger partial charge is 0.227 e. The number of nitrogens with zero attached hydrogens (tertiary/aromatic N) is 3. The van der Waals surface area contributed by atoms with Crippen molar-refractivity contribution < 1.29 is 23.4 Å². The molecule has 0 spiro atoms. The molecule has 0 aliphatic carbocycles. The third-order valence-corrected chi connectivity index (χ3v) is 5.90. The fraction of sp³-hybridized carbons (Fsp3) is 0.367. The highest BCUT2D eigenvalue weighted by Gasteiger charge is 2.25. The molecule has 0 unspecified atom stereocenters. The molecule has 2 aromatic carbocycles. The number of aliphatic hydroxyl groups is 1. The van der Waals surface area contributed by atoms with Crippen molar-refractivity contribution in [2.24, 2.45) is 0 Å². The monoisotopic (exact) mass is 521 g/mol. The summed E-state index contributed by atoms with van der Waals surface area (Å²) in [6.45, 7) is 9.42. The SMILES string of the molecule is CCc1nn(-c2ccc(F)cc2)c(Oc2ccccc2)c1CN(Cc1ccco1)C[C@H](O)COC(C)(C)C. The number of rotatable bonds is 12. The summed E-state index contributed by atoms with van der Waals surface area (Å²) >= 11 is 0. The van der Waals surface area contributed by atoms with Gasteiger partial charge in [0.15, 0.2) is 0 Å². The van der Waals surface area contributed by atoms with Crippen LogP contribution in [0.1, 0.15) is 44.7 Å². The van der Waals surface area contributed by atoms with E-state index < -0.39 is 6.10 Å². The molecule has 1 N–H and O–H groups in total. The summed E-state index contributed by atoms with van der Waals surface area (Å²) in [4.78, 5) is 2.10. The Hall–Kier alpha value is -3.46. The van der Waals surface area contributed by atoms with Crippen LogP contribution in [0, 0.1) is 5.82 Å². The molecule has 2 heterocycles. The van der Waals surface area contributed by atoms with Crippen LogP contribution >= 0.6 is 0 Å². The number of hydrogen-bond donors (Lipinski definition) is 1. The van der Waals surface area contributed by atoms with Crippen molar-refractivity contribution in [1.29, 1.82) is 0 Å². The molecule has 0 saturated carbocycles. The van der Waals surface area contributed by atoms with E-state index in [2.05, 4.69) is 4.90 Å². The number of aromatic nitrogens is 2. The first-order valence-corrected chi connectivity index (χ1v) is 12.9. The number of ether oxygens (including phenoxy) is 2. The van der Waals surface area contributed by atoms with E-state index in [1.54, 1.807) is 23.1 Å². The quantitative estimate of drug-likeness (QED) is 0.242. The van der Waals surface area contributed by atoms with Gasteiger partial charge >= 0.3 is 0 Å². The van der Waals surface area contributed by atoms with Crippen molar-refractivity contribution in [2.45, 2.75) is 58.9 Å². The van der Waals surface area contributed by atoms with E-state index in [9.17, 15) is 9.50 Å². The minimum absolute atomic E-state index is 0.209. The summed E-state index contributed by atoms with van der Waals surface area (Å²) < 4.78 is 33.3. The van der Waals surface area contributed by atoms with E-state index in [0.717, 1.165) is 17.0 Å². The van der Waals surface area contributed by atoms with Gasteiger partial charge in [-0.3, -0.25) is 4.90 Å². The fourth-order valence-electron chi connectivity index (χ4n) is 4.11. The van der Waals surface area contributed by atoms with Crippen LogP contribution in [0.4, 0.5) is 4.39 Å². The molecule has 0 fully saturated rings. The Bertz CT molecular complexity index is 1270. The average molecular weight is 522 g/mol. The summed E-state index contributed by atoms with van der Waals surface area (Å²) in [5.74, 6) is 1.67. The molecule has 0 amide bonds. The summed E-state index contributed by atoms with van der Waals surface area (Å²) in [6.07, 6.45) is 1.60. The maximum atomic E-state index is 13.7. The minimum atomic E-state index is -0.708. The number of halogens is 1. The van der Waals surface area contributed by atoms with Gasteiger partial charge in [0.1, 0.15) is 17.3 Å². The van der Waals surface area contributed by atoms with Crippen LogP contribution in [-0.4, -0.2) is 44.6 Å². The minimum Gasteiger partial charge on any atom is -0.468 e. The van der Waals surface area contributed by atoms with Crippen LogP contribution in [-0.2, 0) is 24.2 Å². The first-order valence-electron chi connectivity index (χ1n) is 12.9. The molecule has 1 atom stereocenters. The molecular formula is C30H36FN3O4. The summed E-state index contributed by atoms with van der Waals surface area (Å²) in [6, 6.07) is 19.4. The molecule has 202 valence electrons. The largest absolute Gasteiger partial charge is 0.468 e. The van der Waals surface area contributed by atoms with Gasteiger partial charge in [-0.1, -0.05) is 25.1 Å². The van der Waals surface area contributed by atoms with Crippen molar-refractivity contribution >= 4 is 0 Å². The fourth-order valence-corrected chi connectivity index (χ4v) is 4.11. The lowest BCUT2D eigenvalue weighted by Crippen LogP contribution is -2.36. The van der Waals surface area contributed by atoms with Crippen molar-refractivity contribution in [3.8, 4) is 17.3 Å². The van der Waals surface area contributed by atoms with Crippen molar-refractivity contribution in [3.63, 3.8) is 0 Å². The van der Waals surface area contributed by atoms with E-state index in [0.29, 0.717) is 43.4 Å². The molecule has 0 aliphatic heterocycles. The lowest BCUT2D eigenvalue weighted by Gasteiger charge is -2.27. The molecule has 8 heteroatoms. The molecule has 2 aromatic heterocycles. The zero-order valence-corrected chi connectivity index (χ0v) is 22.4. The summed E-state index contributed by atoms with van der Waals surface area (Å²) in [5, 5.41) is 15.7. The molecule has 7 nitrogen and oxygen atoms in total. The summed E-state index contributed by atoms with van der Waals surface area (Å²) in [5.41, 5.74) is 2.07. The highest BCUT2D eigenvalue weighted by atomic mass is 19.1. The maximum Gasteiger partial charge on any atom is 0.227 e. The van der Waals surface area contributed by atoms with Gasteiger partial charge in [0.25, 0.3) is 0 Å². The first kappa shape index (κ1) is 27.6. The Morgan fingerprint density at radius 3 is 2.39 bits per heavy atom. The van der Waals surface area contributed by atoms with Crippen LogP contribution < -0.4 is 4.74 Å². The second-order valence-corrected chi connectivity index (χ2v) is 10.2. The number of para-hydroxylation sites is 1. The second-order valence-electron chi connectivity index (χ2n) is 10.2. The van der Waals surface area contributed by atoms with Gasteiger partial charge in [-0.2, -0.15) is 5.10 Å². The second kappa shape index (κ2) is 12.4. The zero-order valence-electron chi connectivity index (χ0n) is 22.4. The van der Waals surface area contributed by atoms with Gasteiger partial charge in [-0.15, -0.1) is 0 Å². The van der Waals surface area contributed by atoms with Crippen LogP contribution in [0.2, 0.25) is 0 Å². The normalized spacial score (nSPS) is 12.7. The maximum absolute atomic E-state index is 13.7. The van der Waals surface area contributed by atoms with Crippen LogP contribution in [0.5, 0.6) is 11.6 Å². The van der Waals surface area contributed by atoms with Crippen LogP contribution in [0.25, 0.3) is 5.69 Å². The molecule has 0 bridgehead atoms. The van der Waals surface area contributed by atoms with Gasteiger partial charge in [-0.25, -0.2) is 9.07 Å². The predicted molar refractivity (Wildman–Crippen MR) is 144 cm³/mol. The van der Waals surface area contributed by atoms with E-state index in [1.807, 2.05) is 70.2 Å². The number of furan rings is 1. The predicted octanol–water partition coefficient (Wildman–Crippen LogP) is 6.14. The highest BCUT2D eigenvalue weighted by Crippen LogP contribution is 2.32. The molecular weight excluding hydrogens is 485 g/mol. The lowest BCUT2D eigenvalue weighted by molar-refractivity contribution is -0.0576. The average Bonchev–Trinajstić information content (AvgIpc) is 3.52. The van der Waals surface area contributed by atoms with Crippen LogP contribution in [0.3, 0.4) is 0 Å². The Morgan fingerprint density at radius 2 is 1.76 bits per heavy atom. The third-order valence-electron chi connectivity index (χ3n) is 5.90. The van der Waals surface area contributed by atoms with E-state index in [1.165, 1.54) is 12.1 Å².